The first kappa shape index (κ1) is 9.03. The van der Waals surface area contributed by atoms with Gasteiger partial charge in [0.25, 0.3) is 5.91 Å². The van der Waals surface area contributed by atoms with Gasteiger partial charge in [0.15, 0.2) is 0 Å². The molecule has 0 saturated heterocycles. The third-order valence-electron chi connectivity index (χ3n) is 2.07. The van der Waals surface area contributed by atoms with E-state index in [2.05, 4.69) is 6.58 Å². The number of carbonyl (C=O) groups is 1. The zero-order valence-corrected chi connectivity index (χ0v) is 8.16. The Labute approximate surface area is 86.4 Å². The molecule has 2 aromatic rings. The fourth-order valence-corrected chi connectivity index (χ4v) is 1.70. The largest absolute Gasteiger partial charge is 0.282 e. The quantitative estimate of drug-likeness (QED) is 0.656. The Morgan fingerprint density at radius 3 is 2.93 bits per heavy atom. The summed E-state index contributed by atoms with van der Waals surface area (Å²) in [5.41, 5.74) is 0.735. The third-order valence-corrected chi connectivity index (χ3v) is 2.38. The number of benzene rings is 1. The molecule has 3 heteroatoms. The first-order valence-electron chi connectivity index (χ1n) is 4.16. The normalized spacial score (nSPS) is 10.4. The molecule has 0 bridgehead atoms. The van der Waals surface area contributed by atoms with E-state index in [1.165, 1.54) is 10.6 Å². The van der Waals surface area contributed by atoms with Crippen molar-refractivity contribution in [3.05, 3.63) is 48.1 Å². The first-order valence-corrected chi connectivity index (χ1v) is 4.54. The highest BCUT2D eigenvalue weighted by atomic mass is 35.5. The Kier molecular flexibility index (Phi) is 2.14. The second-order valence-electron chi connectivity index (χ2n) is 2.91. The maximum atomic E-state index is 11.4. The molecule has 0 aliphatic heterocycles. The summed E-state index contributed by atoms with van der Waals surface area (Å²) in [4.78, 5) is 11.4. The molecule has 2 nitrogen and oxygen atoms in total. The zero-order chi connectivity index (χ0) is 10.1. The molecule has 14 heavy (non-hydrogen) atoms. The molecule has 0 radical (unpaired) electrons. The molecule has 0 amide bonds. The molecule has 1 aromatic carbocycles. The van der Waals surface area contributed by atoms with E-state index in [0.717, 1.165) is 10.9 Å². The van der Waals surface area contributed by atoms with E-state index < -0.39 is 0 Å². The van der Waals surface area contributed by atoms with E-state index in [1.807, 2.05) is 18.2 Å². The van der Waals surface area contributed by atoms with Crippen molar-refractivity contribution in [2.45, 2.75) is 0 Å². The number of para-hydroxylation sites is 1. The summed E-state index contributed by atoms with van der Waals surface area (Å²) >= 11 is 6.00. The summed E-state index contributed by atoms with van der Waals surface area (Å²) in [5, 5.41) is 1.52. The highest BCUT2D eigenvalue weighted by molar-refractivity contribution is 6.35. The molecule has 1 heterocycles. The fraction of sp³-hybridized carbons (Fsp3) is 0. The van der Waals surface area contributed by atoms with Gasteiger partial charge in [0.1, 0.15) is 0 Å². The lowest BCUT2D eigenvalue weighted by Gasteiger charge is -2.00. The molecule has 0 aliphatic rings. The molecule has 70 valence electrons. The molecular formula is C11H8ClNO. The minimum absolute atomic E-state index is 0.173. The predicted molar refractivity (Wildman–Crippen MR) is 57.8 cm³/mol. The van der Waals surface area contributed by atoms with Gasteiger partial charge in [0.05, 0.1) is 10.5 Å². The van der Waals surface area contributed by atoms with E-state index in [0.29, 0.717) is 5.02 Å². The van der Waals surface area contributed by atoms with Crippen molar-refractivity contribution in [3.8, 4) is 0 Å². The van der Waals surface area contributed by atoms with Crippen molar-refractivity contribution in [2.75, 3.05) is 0 Å². The Morgan fingerprint density at radius 2 is 2.21 bits per heavy atom. The number of hydrogen-bond donors (Lipinski definition) is 0. The molecule has 0 atom stereocenters. The molecule has 1 aromatic heterocycles. The van der Waals surface area contributed by atoms with Gasteiger partial charge in [0.2, 0.25) is 0 Å². The number of rotatable bonds is 1. The van der Waals surface area contributed by atoms with Gasteiger partial charge in [-0.15, -0.1) is 0 Å². The standard InChI is InChI=1S/C11H8ClNO/c1-2-10(14)13-7-6-8-4-3-5-9(12)11(8)13/h2-7H,1H2. The Balaban J connectivity index is 2.79. The van der Waals surface area contributed by atoms with Crippen LogP contribution in [-0.2, 0) is 0 Å². The number of carbonyl (C=O) groups excluding carboxylic acids is 1. The fourth-order valence-electron chi connectivity index (χ4n) is 1.43. The number of nitrogens with zero attached hydrogens (tertiary/aromatic N) is 1. The Hall–Kier alpha value is -1.54. The van der Waals surface area contributed by atoms with Crippen molar-refractivity contribution < 1.29 is 4.79 Å². The van der Waals surface area contributed by atoms with Crippen LogP contribution in [0.15, 0.2) is 43.1 Å². The van der Waals surface area contributed by atoms with Gasteiger partial charge < -0.3 is 0 Å². The number of fused-ring (bicyclic) bond motifs is 1. The van der Waals surface area contributed by atoms with Crippen LogP contribution in [0.25, 0.3) is 10.9 Å². The van der Waals surface area contributed by atoms with Crippen LogP contribution in [0, 0.1) is 0 Å². The molecule has 0 unspecified atom stereocenters. The maximum absolute atomic E-state index is 11.4. The second-order valence-corrected chi connectivity index (χ2v) is 3.31. The van der Waals surface area contributed by atoms with Gasteiger partial charge in [0, 0.05) is 11.6 Å². The molecule has 2 rings (SSSR count). The smallest absolute Gasteiger partial charge is 0.254 e. The number of allylic oxidation sites excluding steroid dienone is 1. The minimum Gasteiger partial charge on any atom is -0.282 e. The second kappa shape index (κ2) is 3.31. The Bertz CT molecular complexity index is 513. The van der Waals surface area contributed by atoms with E-state index >= 15 is 0 Å². The van der Waals surface area contributed by atoms with Crippen LogP contribution < -0.4 is 0 Å². The third kappa shape index (κ3) is 1.24. The molecule has 0 N–H and O–H groups in total. The van der Waals surface area contributed by atoms with Gasteiger partial charge >= 0.3 is 0 Å². The summed E-state index contributed by atoms with van der Waals surface area (Å²) in [5.74, 6) is -0.173. The highest BCUT2D eigenvalue weighted by Gasteiger charge is 2.07. The SMILES string of the molecule is C=CC(=O)n1ccc2cccc(Cl)c21. The van der Waals surface area contributed by atoms with E-state index in [-0.39, 0.29) is 5.91 Å². The lowest BCUT2D eigenvalue weighted by atomic mass is 10.2. The van der Waals surface area contributed by atoms with Gasteiger partial charge in [-0.25, -0.2) is 0 Å². The van der Waals surface area contributed by atoms with Gasteiger partial charge in [-0.3, -0.25) is 9.36 Å². The van der Waals surface area contributed by atoms with E-state index in [9.17, 15) is 4.79 Å². The Morgan fingerprint density at radius 1 is 1.43 bits per heavy atom. The maximum Gasteiger partial charge on any atom is 0.254 e. The summed E-state index contributed by atoms with van der Waals surface area (Å²) in [6.45, 7) is 3.44. The topological polar surface area (TPSA) is 22.0 Å². The molecule has 0 saturated carbocycles. The molecular weight excluding hydrogens is 198 g/mol. The lowest BCUT2D eigenvalue weighted by Crippen LogP contribution is -2.04. The van der Waals surface area contributed by atoms with Crippen molar-refractivity contribution in [1.82, 2.24) is 4.57 Å². The first-order chi connectivity index (χ1) is 6.74. The predicted octanol–water partition coefficient (Wildman–Crippen LogP) is 3.12. The van der Waals surface area contributed by atoms with Crippen LogP contribution in [0.2, 0.25) is 5.02 Å². The average Bonchev–Trinajstić information content (AvgIpc) is 2.62. The molecule has 0 fully saturated rings. The number of halogens is 1. The van der Waals surface area contributed by atoms with Gasteiger partial charge in [-0.05, 0) is 18.2 Å². The summed E-state index contributed by atoms with van der Waals surface area (Å²) < 4.78 is 1.49. The molecule has 0 aliphatic carbocycles. The number of aromatic nitrogens is 1. The molecule has 0 spiro atoms. The van der Waals surface area contributed by atoms with Crippen LogP contribution in [0.4, 0.5) is 0 Å². The van der Waals surface area contributed by atoms with Crippen LogP contribution in [-0.4, -0.2) is 10.5 Å². The van der Waals surface area contributed by atoms with Crippen LogP contribution in [0.5, 0.6) is 0 Å². The monoisotopic (exact) mass is 205 g/mol. The van der Waals surface area contributed by atoms with Crippen molar-refractivity contribution >= 4 is 28.4 Å². The zero-order valence-electron chi connectivity index (χ0n) is 7.40. The van der Waals surface area contributed by atoms with Gasteiger partial charge in [-0.1, -0.05) is 30.3 Å². The van der Waals surface area contributed by atoms with Gasteiger partial charge in [-0.2, -0.15) is 0 Å². The summed E-state index contributed by atoms with van der Waals surface area (Å²) in [6.07, 6.45) is 2.96. The van der Waals surface area contributed by atoms with Crippen LogP contribution >= 0.6 is 11.6 Å². The summed E-state index contributed by atoms with van der Waals surface area (Å²) in [7, 11) is 0. The average molecular weight is 206 g/mol. The number of hydrogen-bond acceptors (Lipinski definition) is 1. The highest BCUT2D eigenvalue weighted by Crippen LogP contribution is 2.24. The minimum atomic E-state index is -0.173. The van der Waals surface area contributed by atoms with Crippen LogP contribution in [0.1, 0.15) is 4.79 Å². The van der Waals surface area contributed by atoms with Crippen molar-refractivity contribution in [2.24, 2.45) is 0 Å². The van der Waals surface area contributed by atoms with Crippen molar-refractivity contribution in [3.63, 3.8) is 0 Å². The van der Waals surface area contributed by atoms with Crippen LogP contribution in [0.3, 0.4) is 0 Å². The summed E-state index contributed by atoms with van der Waals surface area (Å²) in [6, 6.07) is 7.38. The van der Waals surface area contributed by atoms with Crippen molar-refractivity contribution in [1.29, 1.82) is 0 Å². The lowest BCUT2D eigenvalue weighted by molar-refractivity contribution is 0.0974. The van der Waals surface area contributed by atoms with E-state index in [1.54, 1.807) is 12.3 Å². The van der Waals surface area contributed by atoms with E-state index in [4.69, 9.17) is 11.6 Å².